The first-order valence-electron chi connectivity index (χ1n) is 4.47. The molecule has 1 rings (SSSR count). The molecule has 1 aromatic rings. The first-order chi connectivity index (χ1) is 6.72. The Morgan fingerprint density at radius 1 is 1.14 bits per heavy atom. The summed E-state index contributed by atoms with van der Waals surface area (Å²) in [5, 5.41) is 0. The van der Waals surface area contributed by atoms with Crippen molar-refractivity contribution in [2.45, 2.75) is 19.8 Å². The summed E-state index contributed by atoms with van der Waals surface area (Å²) in [6.45, 7) is 2.06. The summed E-state index contributed by atoms with van der Waals surface area (Å²) in [5.41, 5.74) is 6.36. The number of rotatable bonds is 4. The molecule has 2 N–H and O–H groups in total. The molecule has 0 bridgehead atoms. The topological polar surface area (TPSA) is 70.3 Å². The zero-order valence-corrected chi connectivity index (χ0v) is 8.70. The fourth-order valence-corrected chi connectivity index (χ4v) is 1.26. The molecule has 0 radical (unpaired) electrons. The van der Waals surface area contributed by atoms with Gasteiger partial charge in [-0.25, -0.2) is 0 Å². The molecule has 5 heteroatoms. The van der Waals surface area contributed by atoms with Gasteiger partial charge in [0.25, 0.3) is 0 Å². The average Bonchev–Trinajstić information content (AvgIpc) is 2.20. The van der Waals surface area contributed by atoms with Crippen molar-refractivity contribution in [2.24, 2.45) is 0 Å². The Balaban J connectivity index is 3.18. The van der Waals surface area contributed by atoms with Gasteiger partial charge in [-0.2, -0.15) is 9.97 Å². The maximum Gasteiger partial charge on any atom is 0.226 e. The summed E-state index contributed by atoms with van der Waals surface area (Å²) in [7, 11) is 3.11. The van der Waals surface area contributed by atoms with Crippen LogP contribution in [0.2, 0.25) is 0 Å². The van der Waals surface area contributed by atoms with Crippen LogP contribution in [0.1, 0.15) is 18.9 Å². The van der Waals surface area contributed by atoms with Crippen LogP contribution in [0.25, 0.3) is 0 Å². The second kappa shape index (κ2) is 4.64. The van der Waals surface area contributed by atoms with Crippen LogP contribution in [-0.4, -0.2) is 24.2 Å². The summed E-state index contributed by atoms with van der Waals surface area (Å²) in [6.07, 6.45) is 1.78. The molecule has 5 nitrogen and oxygen atoms in total. The molecular weight excluding hydrogens is 182 g/mol. The van der Waals surface area contributed by atoms with Crippen molar-refractivity contribution in [3.05, 3.63) is 5.56 Å². The Hall–Kier alpha value is -1.52. The third kappa shape index (κ3) is 2.04. The molecule has 0 fully saturated rings. The number of nitrogen functional groups attached to an aromatic ring is 1. The minimum atomic E-state index is 0.165. The highest BCUT2D eigenvalue weighted by molar-refractivity contribution is 5.40. The number of hydrogen-bond donors (Lipinski definition) is 1. The van der Waals surface area contributed by atoms with E-state index in [2.05, 4.69) is 16.9 Å². The van der Waals surface area contributed by atoms with Gasteiger partial charge in [-0.1, -0.05) is 13.3 Å². The van der Waals surface area contributed by atoms with Crippen molar-refractivity contribution in [2.75, 3.05) is 20.0 Å². The van der Waals surface area contributed by atoms with Gasteiger partial charge < -0.3 is 15.2 Å². The minimum Gasteiger partial charge on any atom is -0.481 e. The Labute approximate surface area is 83.3 Å². The molecule has 1 heterocycles. The van der Waals surface area contributed by atoms with E-state index in [1.165, 1.54) is 0 Å². The summed E-state index contributed by atoms with van der Waals surface area (Å²) in [5.74, 6) is 1.16. The number of hydrogen-bond acceptors (Lipinski definition) is 5. The van der Waals surface area contributed by atoms with E-state index >= 15 is 0 Å². The molecule has 1 aromatic heterocycles. The predicted octanol–water partition coefficient (Wildman–Crippen LogP) is 1.03. The van der Waals surface area contributed by atoms with Crippen molar-refractivity contribution in [3.8, 4) is 11.8 Å². The van der Waals surface area contributed by atoms with Crippen molar-refractivity contribution in [3.63, 3.8) is 0 Å². The monoisotopic (exact) mass is 197 g/mol. The summed E-state index contributed by atoms with van der Waals surface area (Å²) < 4.78 is 10.2. The Morgan fingerprint density at radius 2 is 1.64 bits per heavy atom. The molecule has 0 amide bonds. The van der Waals surface area contributed by atoms with Crippen LogP contribution < -0.4 is 15.2 Å². The number of methoxy groups -OCH3 is 2. The van der Waals surface area contributed by atoms with E-state index < -0.39 is 0 Å². The average molecular weight is 197 g/mol. The molecule has 0 unspecified atom stereocenters. The van der Waals surface area contributed by atoms with Crippen LogP contribution in [0, 0.1) is 0 Å². The van der Waals surface area contributed by atoms with Crippen molar-refractivity contribution >= 4 is 5.95 Å². The fourth-order valence-electron chi connectivity index (χ4n) is 1.26. The van der Waals surface area contributed by atoms with E-state index in [0.717, 1.165) is 18.4 Å². The van der Waals surface area contributed by atoms with Crippen LogP contribution in [0.15, 0.2) is 0 Å². The second-order valence-corrected chi connectivity index (χ2v) is 2.83. The van der Waals surface area contributed by atoms with E-state index in [0.29, 0.717) is 11.8 Å². The highest BCUT2D eigenvalue weighted by atomic mass is 16.5. The highest BCUT2D eigenvalue weighted by Gasteiger charge is 2.13. The molecule has 78 valence electrons. The summed E-state index contributed by atoms with van der Waals surface area (Å²) in [4.78, 5) is 7.97. The van der Waals surface area contributed by atoms with Gasteiger partial charge in [0.15, 0.2) is 0 Å². The third-order valence-electron chi connectivity index (χ3n) is 1.84. The van der Waals surface area contributed by atoms with Crippen LogP contribution in [0.4, 0.5) is 5.95 Å². The zero-order valence-electron chi connectivity index (χ0n) is 8.70. The molecule has 14 heavy (non-hydrogen) atoms. The molecule has 0 spiro atoms. The van der Waals surface area contributed by atoms with Crippen molar-refractivity contribution in [1.82, 2.24) is 9.97 Å². The molecule has 0 aromatic carbocycles. The summed E-state index contributed by atoms with van der Waals surface area (Å²) in [6, 6.07) is 0. The van der Waals surface area contributed by atoms with E-state index in [4.69, 9.17) is 15.2 Å². The van der Waals surface area contributed by atoms with E-state index in [9.17, 15) is 0 Å². The van der Waals surface area contributed by atoms with E-state index in [1.54, 1.807) is 14.2 Å². The van der Waals surface area contributed by atoms with Gasteiger partial charge in [-0.05, 0) is 6.42 Å². The molecular formula is C9H15N3O2. The first kappa shape index (κ1) is 10.6. The maximum atomic E-state index is 5.49. The van der Waals surface area contributed by atoms with Gasteiger partial charge in [0, 0.05) is 0 Å². The van der Waals surface area contributed by atoms with Crippen LogP contribution in [-0.2, 0) is 6.42 Å². The van der Waals surface area contributed by atoms with Crippen molar-refractivity contribution in [1.29, 1.82) is 0 Å². The van der Waals surface area contributed by atoms with Gasteiger partial charge in [0.2, 0.25) is 17.7 Å². The largest absolute Gasteiger partial charge is 0.481 e. The van der Waals surface area contributed by atoms with Crippen LogP contribution >= 0.6 is 0 Å². The minimum absolute atomic E-state index is 0.165. The van der Waals surface area contributed by atoms with Gasteiger partial charge >= 0.3 is 0 Å². The molecule has 0 aliphatic carbocycles. The molecule has 0 saturated heterocycles. The Kier molecular flexibility index (Phi) is 3.50. The Morgan fingerprint density at radius 3 is 2.00 bits per heavy atom. The lowest BCUT2D eigenvalue weighted by molar-refractivity contribution is 0.363. The molecule has 0 aliphatic rings. The second-order valence-electron chi connectivity index (χ2n) is 2.83. The van der Waals surface area contributed by atoms with Gasteiger partial charge in [0.05, 0.1) is 19.8 Å². The lowest BCUT2D eigenvalue weighted by Crippen LogP contribution is -2.05. The van der Waals surface area contributed by atoms with Crippen LogP contribution in [0.3, 0.4) is 0 Å². The quantitative estimate of drug-likeness (QED) is 0.780. The molecule has 0 saturated carbocycles. The normalized spacial score (nSPS) is 9.93. The number of nitrogens with zero attached hydrogens (tertiary/aromatic N) is 2. The Bertz CT molecular complexity index is 290. The van der Waals surface area contributed by atoms with Crippen molar-refractivity contribution < 1.29 is 9.47 Å². The lowest BCUT2D eigenvalue weighted by atomic mass is 10.2. The van der Waals surface area contributed by atoms with E-state index in [1.807, 2.05) is 0 Å². The van der Waals surface area contributed by atoms with Gasteiger partial charge in [0.1, 0.15) is 0 Å². The fraction of sp³-hybridized carbons (Fsp3) is 0.556. The summed E-state index contributed by atoms with van der Waals surface area (Å²) >= 11 is 0. The van der Waals surface area contributed by atoms with E-state index in [-0.39, 0.29) is 5.95 Å². The predicted molar refractivity (Wildman–Crippen MR) is 53.5 cm³/mol. The maximum absolute atomic E-state index is 5.49. The number of ether oxygens (including phenoxy) is 2. The lowest BCUT2D eigenvalue weighted by Gasteiger charge is -2.10. The standard InChI is InChI=1S/C9H15N3O2/c1-4-5-6-7(13-2)11-9(10)12-8(6)14-3/h4-5H2,1-3H3,(H2,10,11,12). The number of anilines is 1. The zero-order chi connectivity index (χ0) is 10.6. The third-order valence-corrected chi connectivity index (χ3v) is 1.84. The van der Waals surface area contributed by atoms with Gasteiger partial charge in [-0.3, -0.25) is 0 Å². The smallest absolute Gasteiger partial charge is 0.226 e. The molecule has 0 atom stereocenters. The number of aromatic nitrogens is 2. The van der Waals surface area contributed by atoms with Crippen LogP contribution in [0.5, 0.6) is 11.8 Å². The first-order valence-corrected chi connectivity index (χ1v) is 4.47. The number of nitrogens with two attached hydrogens (primary N) is 1. The highest BCUT2D eigenvalue weighted by Crippen LogP contribution is 2.26. The molecule has 0 aliphatic heterocycles. The van der Waals surface area contributed by atoms with Gasteiger partial charge in [-0.15, -0.1) is 0 Å². The SMILES string of the molecule is CCCc1c(OC)nc(N)nc1OC.